The third-order valence-corrected chi connectivity index (χ3v) is 4.01. The van der Waals surface area contributed by atoms with E-state index in [9.17, 15) is 5.26 Å². The third-order valence-electron chi connectivity index (χ3n) is 4.01. The molecule has 0 amide bonds. The van der Waals surface area contributed by atoms with Gasteiger partial charge in [0, 0.05) is 0 Å². The van der Waals surface area contributed by atoms with Crippen molar-refractivity contribution >= 4 is 6.08 Å². The van der Waals surface area contributed by atoms with Crippen LogP contribution in [-0.2, 0) is 4.84 Å². The van der Waals surface area contributed by atoms with Crippen LogP contribution in [0.3, 0.4) is 0 Å². The predicted molar refractivity (Wildman–Crippen MR) is 80.3 cm³/mol. The van der Waals surface area contributed by atoms with Crippen molar-refractivity contribution in [3.8, 4) is 6.07 Å². The molecule has 1 aromatic rings. The molecule has 1 aromatic carbocycles. The van der Waals surface area contributed by atoms with Crippen molar-refractivity contribution in [2.45, 2.75) is 45.2 Å². The van der Waals surface area contributed by atoms with E-state index in [-0.39, 0.29) is 17.0 Å². The highest BCUT2D eigenvalue weighted by Gasteiger charge is 2.53. The molecule has 20 heavy (non-hydrogen) atoms. The number of rotatable bonds is 3. The fourth-order valence-electron chi connectivity index (χ4n) is 2.97. The Kier molecular flexibility index (Phi) is 3.87. The van der Waals surface area contributed by atoms with Crippen LogP contribution in [0.25, 0.3) is 6.08 Å². The minimum absolute atomic E-state index is 0.0253. The standard InChI is InChI=1S/C17H22N2O/c1-16(2)12-15(13-18)17(3,4)19(16)20-11-10-14-8-6-5-7-9-14/h5-11,15H,12H2,1-4H3/b11-10+. The van der Waals surface area contributed by atoms with Crippen molar-refractivity contribution in [3.63, 3.8) is 0 Å². The van der Waals surface area contributed by atoms with Crippen LogP contribution in [0, 0.1) is 17.2 Å². The molecule has 2 rings (SSSR count). The average Bonchev–Trinajstić information content (AvgIpc) is 2.58. The fourth-order valence-corrected chi connectivity index (χ4v) is 2.97. The van der Waals surface area contributed by atoms with E-state index in [1.54, 1.807) is 6.26 Å². The number of hydrogen-bond donors (Lipinski definition) is 0. The summed E-state index contributed by atoms with van der Waals surface area (Å²) in [6.45, 7) is 8.35. The molecule has 1 saturated heterocycles. The van der Waals surface area contributed by atoms with Crippen LogP contribution in [-0.4, -0.2) is 16.1 Å². The highest BCUT2D eigenvalue weighted by Crippen LogP contribution is 2.44. The molecule has 0 aliphatic carbocycles. The Bertz CT molecular complexity index is 526. The van der Waals surface area contributed by atoms with Gasteiger partial charge in [-0.1, -0.05) is 30.3 Å². The van der Waals surface area contributed by atoms with Gasteiger partial charge >= 0.3 is 0 Å². The third kappa shape index (κ3) is 2.71. The normalized spacial score (nSPS) is 24.6. The molecule has 1 atom stereocenters. The van der Waals surface area contributed by atoms with E-state index in [0.29, 0.717) is 0 Å². The van der Waals surface area contributed by atoms with E-state index in [4.69, 9.17) is 4.84 Å². The zero-order valence-corrected chi connectivity index (χ0v) is 12.6. The molecule has 3 heteroatoms. The Labute approximate surface area is 121 Å². The van der Waals surface area contributed by atoms with Crippen molar-refractivity contribution in [3.05, 3.63) is 42.2 Å². The first-order valence-electron chi connectivity index (χ1n) is 6.96. The van der Waals surface area contributed by atoms with Crippen LogP contribution in [0.5, 0.6) is 0 Å². The molecule has 0 bridgehead atoms. The first-order chi connectivity index (χ1) is 9.38. The smallest absolute Gasteiger partial charge is 0.112 e. The fraction of sp³-hybridized carbons (Fsp3) is 0.471. The molecular formula is C17H22N2O. The van der Waals surface area contributed by atoms with Gasteiger partial charge in [-0.25, -0.2) is 0 Å². The monoisotopic (exact) mass is 270 g/mol. The lowest BCUT2D eigenvalue weighted by Gasteiger charge is -2.38. The largest absolute Gasteiger partial charge is 0.413 e. The molecule has 1 aliphatic rings. The minimum Gasteiger partial charge on any atom is -0.413 e. The van der Waals surface area contributed by atoms with Crippen LogP contribution in [0.4, 0.5) is 0 Å². The van der Waals surface area contributed by atoms with Gasteiger partial charge in [-0.2, -0.15) is 5.26 Å². The summed E-state index contributed by atoms with van der Waals surface area (Å²) in [5, 5.41) is 11.3. The maximum Gasteiger partial charge on any atom is 0.112 e. The van der Waals surface area contributed by atoms with Gasteiger partial charge in [0.1, 0.15) is 6.26 Å². The van der Waals surface area contributed by atoms with E-state index in [1.807, 2.05) is 41.5 Å². The van der Waals surface area contributed by atoms with E-state index >= 15 is 0 Å². The second-order valence-corrected chi connectivity index (χ2v) is 6.47. The summed E-state index contributed by atoms with van der Waals surface area (Å²) in [6.07, 6.45) is 4.46. The summed E-state index contributed by atoms with van der Waals surface area (Å²) in [4.78, 5) is 5.87. The summed E-state index contributed by atoms with van der Waals surface area (Å²) in [6, 6.07) is 12.4. The summed E-state index contributed by atoms with van der Waals surface area (Å²) in [7, 11) is 0. The van der Waals surface area contributed by atoms with Crippen molar-refractivity contribution < 1.29 is 4.84 Å². The quantitative estimate of drug-likeness (QED) is 0.779. The van der Waals surface area contributed by atoms with Crippen LogP contribution in [0.2, 0.25) is 0 Å². The second-order valence-electron chi connectivity index (χ2n) is 6.47. The van der Waals surface area contributed by atoms with E-state index in [2.05, 4.69) is 33.8 Å². The van der Waals surface area contributed by atoms with Crippen LogP contribution < -0.4 is 0 Å². The molecule has 1 unspecified atom stereocenters. The molecule has 0 N–H and O–H groups in total. The van der Waals surface area contributed by atoms with E-state index in [1.165, 1.54) is 0 Å². The Morgan fingerprint density at radius 2 is 1.90 bits per heavy atom. The Balaban J connectivity index is 2.12. The molecule has 106 valence electrons. The van der Waals surface area contributed by atoms with Gasteiger partial charge in [0.15, 0.2) is 0 Å². The maximum absolute atomic E-state index is 9.30. The zero-order valence-electron chi connectivity index (χ0n) is 12.6. The predicted octanol–water partition coefficient (Wildman–Crippen LogP) is 3.99. The number of benzene rings is 1. The Morgan fingerprint density at radius 3 is 2.45 bits per heavy atom. The molecule has 0 radical (unpaired) electrons. The summed E-state index contributed by atoms with van der Waals surface area (Å²) in [5.74, 6) is -0.0253. The van der Waals surface area contributed by atoms with E-state index < -0.39 is 0 Å². The van der Waals surface area contributed by atoms with Gasteiger partial charge in [-0.3, -0.25) is 0 Å². The molecular weight excluding hydrogens is 248 g/mol. The molecule has 1 fully saturated rings. The van der Waals surface area contributed by atoms with Crippen molar-refractivity contribution in [2.24, 2.45) is 5.92 Å². The van der Waals surface area contributed by atoms with Gasteiger partial charge in [0.05, 0.1) is 23.1 Å². The molecule has 0 aromatic heterocycles. The van der Waals surface area contributed by atoms with Gasteiger partial charge in [-0.15, -0.1) is 5.06 Å². The first kappa shape index (κ1) is 14.6. The van der Waals surface area contributed by atoms with Crippen LogP contribution >= 0.6 is 0 Å². The lowest BCUT2D eigenvalue weighted by Crippen LogP contribution is -2.48. The van der Waals surface area contributed by atoms with Crippen LogP contribution in [0.15, 0.2) is 36.6 Å². The number of nitriles is 1. The van der Waals surface area contributed by atoms with Gasteiger partial charge in [0.25, 0.3) is 0 Å². The lowest BCUT2D eigenvalue weighted by molar-refractivity contribution is -0.200. The average molecular weight is 270 g/mol. The molecule has 0 spiro atoms. The summed E-state index contributed by atoms with van der Waals surface area (Å²) < 4.78 is 0. The zero-order chi connectivity index (χ0) is 14.8. The number of nitrogens with zero attached hydrogens (tertiary/aromatic N) is 2. The highest BCUT2D eigenvalue weighted by atomic mass is 16.7. The van der Waals surface area contributed by atoms with Gasteiger partial charge < -0.3 is 4.84 Å². The molecule has 1 aliphatic heterocycles. The SMILES string of the molecule is CC1(C)CC(C#N)C(C)(C)N1O/C=C/c1ccccc1. The maximum atomic E-state index is 9.30. The summed E-state index contributed by atoms with van der Waals surface area (Å²) in [5.41, 5.74) is 0.656. The topological polar surface area (TPSA) is 36.3 Å². The Hall–Kier alpha value is -1.79. The first-order valence-corrected chi connectivity index (χ1v) is 6.96. The van der Waals surface area contributed by atoms with Gasteiger partial charge in [0.2, 0.25) is 0 Å². The van der Waals surface area contributed by atoms with Crippen LogP contribution in [0.1, 0.15) is 39.7 Å². The van der Waals surface area contributed by atoms with Crippen molar-refractivity contribution in [1.82, 2.24) is 5.06 Å². The number of hydroxylamine groups is 2. The second kappa shape index (κ2) is 5.30. The van der Waals surface area contributed by atoms with Crippen molar-refractivity contribution in [1.29, 1.82) is 5.26 Å². The molecule has 3 nitrogen and oxygen atoms in total. The minimum atomic E-state index is -0.292. The van der Waals surface area contributed by atoms with E-state index in [0.717, 1.165) is 12.0 Å². The van der Waals surface area contributed by atoms with Crippen molar-refractivity contribution in [2.75, 3.05) is 0 Å². The summed E-state index contributed by atoms with van der Waals surface area (Å²) >= 11 is 0. The Morgan fingerprint density at radius 1 is 1.25 bits per heavy atom. The lowest BCUT2D eigenvalue weighted by atomic mass is 9.88. The molecule has 1 heterocycles. The highest BCUT2D eigenvalue weighted by molar-refractivity contribution is 5.47. The number of hydrogen-bond acceptors (Lipinski definition) is 3. The van der Waals surface area contributed by atoms with Gasteiger partial charge in [-0.05, 0) is 45.8 Å². The molecule has 0 saturated carbocycles.